The van der Waals surface area contributed by atoms with Crippen molar-refractivity contribution in [3.63, 3.8) is 0 Å². The van der Waals surface area contributed by atoms with Crippen LogP contribution in [0.4, 0.5) is 0 Å². The van der Waals surface area contributed by atoms with Gasteiger partial charge >= 0.3 is 0 Å². The van der Waals surface area contributed by atoms with Crippen LogP contribution in [0, 0.1) is 6.92 Å². The number of ether oxygens (including phenoxy) is 1. The first kappa shape index (κ1) is 15.7. The average molecular weight is 333 g/mol. The van der Waals surface area contributed by atoms with Gasteiger partial charge < -0.3 is 13.8 Å². The van der Waals surface area contributed by atoms with Gasteiger partial charge in [-0.25, -0.2) is 0 Å². The van der Waals surface area contributed by atoms with Gasteiger partial charge in [-0.05, 0) is 19.8 Å². The number of rotatable bonds is 4. The first-order chi connectivity index (χ1) is 11.8. The molecule has 0 bridgehead atoms. The molecule has 1 aliphatic heterocycles. The van der Waals surface area contributed by atoms with E-state index in [9.17, 15) is 0 Å². The van der Waals surface area contributed by atoms with E-state index < -0.39 is 0 Å². The zero-order chi connectivity index (χ0) is 16.4. The number of aromatic nitrogens is 4. The van der Waals surface area contributed by atoms with Crippen molar-refractivity contribution in [1.82, 2.24) is 25.2 Å². The number of aryl methyl sites for hydroxylation is 1. The molecule has 0 N–H and O–H groups in total. The second kappa shape index (κ2) is 6.98. The Morgan fingerprint density at radius 1 is 1.04 bits per heavy atom. The largest absolute Gasteiger partial charge is 0.378 e. The summed E-state index contributed by atoms with van der Waals surface area (Å²) in [4.78, 5) is 11.2. The van der Waals surface area contributed by atoms with Gasteiger partial charge in [0, 0.05) is 12.5 Å². The van der Waals surface area contributed by atoms with Gasteiger partial charge in [-0.3, -0.25) is 4.90 Å². The Bertz CT molecular complexity index is 664. The summed E-state index contributed by atoms with van der Waals surface area (Å²) in [5.74, 6) is 3.17. The molecular weight excluding hydrogens is 310 g/mol. The number of hydrogen-bond donors (Lipinski definition) is 0. The molecule has 4 rings (SSSR count). The number of nitrogens with zero attached hydrogens (tertiary/aromatic N) is 5. The lowest BCUT2D eigenvalue weighted by atomic mass is 9.89. The summed E-state index contributed by atoms with van der Waals surface area (Å²) < 4.78 is 16.4. The van der Waals surface area contributed by atoms with Gasteiger partial charge in [-0.15, -0.1) is 0 Å². The first-order valence-electron chi connectivity index (χ1n) is 8.74. The molecule has 2 aromatic rings. The van der Waals surface area contributed by atoms with E-state index in [-0.39, 0.29) is 6.04 Å². The minimum Gasteiger partial charge on any atom is -0.378 e. The van der Waals surface area contributed by atoms with Crippen molar-refractivity contribution in [2.75, 3.05) is 19.8 Å². The smallest absolute Gasteiger partial charge is 0.246 e. The Kier molecular flexibility index (Phi) is 4.57. The Labute approximate surface area is 140 Å². The highest BCUT2D eigenvalue weighted by Crippen LogP contribution is 2.32. The van der Waals surface area contributed by atoms with Gasteiger partial charge in [0.15, 0.2) is 11.6 Å². The van der Waals surface area contributed by atoms with E-state index in [2.05, 4.69) is 25.2 Å². The van der Waals surface area contributed by atoms with Gasteiger partial charge in [-0.1, -0.05) is 29.6 Å². The molecule has 0 unspecified atom stereocenters. The van der Waals surface area contributed by atoms with E-state index in [4.69, 9.17) is 13.8 Å². The van der Waals surface area contributed by atoms with Crippen molar-refractivity contribution < 1.29 is 13.8 Å². The molecule has 0 amide bonds. The topological polar surface area (TPSA) is 90.3 Å². The molecule has 3 heterocycles. The van der Waals surface area contributed by atoms with Crippen LogP contribution in [0.5, 0.6) is 0 Å². The predicted octanol–water partition coefficient (Wildman–Crippen LogP) is 2.38. The van der Waals surface area contributed by atoms with E-state index in [1.165, 1.54) is 19.3 Å². The van der Waals surface area contributed by atoms with Crippen molar-refractivity contribution in [2.24, 2.45) is 0 Å². The fourth-order valence-electron chi connectivity index (χ4n) is 3.53. The SMILES string of the molecule is Cc1noc([C@@H]2COCCN2Cc2noc(C3CCCCC3)n2)n1. The van der Waals surface area contributed by atoms with Crippen LogP contribution in [0.3, 0.4) is 0 Å². The molecule has 1 saturated heterocycles. The lowest BCUT2D eigenvalue weighted by molar-refractivity contribution is -0.0254. The predicted molar refractivity (Wildman–Crippen MR) is 83.1 cm³/mol. The van der Waals surface area contributed by atoms with Crippen LogP contribution in [0.25, 0.3) is 0 Å². The maximum Gasteiger partial charge on any atom is 0.246 e. The third kappa shape index (κ3) is 3.34. The lowest BCUT2D eigenvalue weighted by Gasteiger charge is -2.32. The zero-order valence-corrected chi connectivity index (χ0v) is 14.0. The maximum absolute atomic E-state index is 5.58. The van der Waals surface area contributed by atoms with E-state index in [0.29, 0.717) is 37.4 Å². The van der Waals surface area contributed by atoms with Gasteiger partial charge in [0.25, 0.3) is 0 Å². The minimum atomic E-state index is -0.0587. The highest BCUT2D eigenvalue weighted by Gasteiger charge is 2.31. The molecule has 2 aromatic heterocycles. The minimum absolute atomic E-state index is 0.0587. The van der Waals surface area contributed by atoms with Crippen LogP contribution >= 0.6 is 0 Å². The molecule has 130 valence electrons. The van der Waals surface area contributed by atoms with Crippen molar-refractivity contribution in [3.8, 4) is 0 Å². The van der Waals surface area contributed by atoms with Gasteiger partial charge in [0.05, 0.1) is 19.8 Å². The normalized spacial score (nSPS) is 23.6. The highest BCUT2D eigenvalue weighted by molar-refractivity contribution is 4.99. The summed E-state index contributed by atoms with van der Waals surface area (Å²) in [6.07, 6.45) is 6.14. The molecule has 2 aliphatic rings. The Morgan fingerprint density at radius 2 is 1.88 bits per heavy atom. The Hall–Kier alpha value is -1.80. The van der Waals surface area contributed by atoms with Crippen LogP contribution in [0.15, 0.2) is 9.05 Å². The summed E-state index contributed by atoms with van der Waals surface area (Å²) >= 11 is 0. The van der Waals surface area contributed by atoms with Gasteiger partial charge in [0.1, 0.15) is 6.04 Å². The quantitative estimate of drug-likeness (QED) is 0.842. The third-order valence-corrected chi connectivity index (χ3v) is 4.85. The molecule has 2 fully saturated rings. The molecule has 0 radical (unpaired) electrons. The molecular formula is C16H23N5O3. The summed E-state index contributed by atoms with van der Waals surface area (Å²) in [5.41, 5.74) is 0. The van der Waals surface area contributed by atoms with Crippen molar-refractivity contribution in [2.45, 2.75) is 57.5 Å². The van der Waals surface area contributed by atoms with Crippen molar-refractivity contribution >= 4 is 0 Å². The molecule has 1 aliphatic carbocycles. The molecule has 0 aromatic carbocycles. The van der Waals surface area contributed by atoms with Crippen LogP contribution in [-0.4, -0.2) is 44.9 Å². The fraction of sp³-hybridized carbons (Fsp3) is 0.750. The van der Waals surface area contributed by atoms with Crippen LogP contribution in [0.2, 0.25) is 0 Å². The Morgan fingerprint density at radius 3 is 2.67 bits per heavy atom. The maximum atomic E-state index is 5.58. The summed E-state index contributed by atoms with van der Waals surface area (Å²) in [6, 6.07) is -0.0587. The summed E-state index contributed by atoms with van der Waals surface area (Å²) in [6.45, 7) is 4.41. The summed E-state index contributed by atoms with van der Waals surface area (Å²) in [7, 11) is 0. The standard InChI is InChI=1S/C16H23N5O3/c1-11-17-16(24-19-11)13-10-22-8-7-21(13)9-14-18-15(23-20-14)12-5-3-2-4-6-12/h12-13H,2-10H2,1H3/t13-/m0/s1. The molecule has 0 spiro atoms. The fourth-order valence-corrected chi connectivity index (χ4v) is 3.53. The van der Waals surface area contributed by atoms with Gasteiger partial charge in [0.2, 0.25) is 11.8 Å². The first-order valence-corrected chi connectivity index (χ1v) is 8.74. The van der Waals surface area contributed by atoms with E-state index >= 15 is 0 Å². The van der Waals surface area contributed by atoms with Gasteiger partial charge in [-0.2, -0.15) is 9.97 Å². The monoisotopic (exact) mass is 333 g/mol. The average Bonchev–Trinajstić information content (AvgIpc) is 3.25. The van der Waals surface area contributed by atoms with Crippen LogP contribution in [0.1, 0.15) is 67.5 Å². The van der Waals surface area contributed by atoms with E-state index in [1.807, 2.05) is 6.92 Å². The highest BCUT2D eigenvalue weighted by atomic mass is 16.5. The number of hydrogen-bond acceptors (Lipinski definition) is 8. The van der Waals surface area contributed by atoms with Crippen molar-refractivity contribution in [1.29, 1.82) is 0 Å². The van der Waals surface area contributed by atoms with E-state index in [1.54, 1.807) is 0 Å². The van der Waals surface area contributed by atoms with E-state index in [0.717, 1.165) is 31.1 Å². The zero-order valence-electron chi connectivity index (χ0n) is 14.0. The Balaban J connectivity index is 1.45. The molecule has 24 heavy (non-hydrogen) atoms. The molecule has 1 atom stereocenters. The van der Waals surface area contributed by atoms with Crippen LogP contribution < -0.4 is 0 Å². The molecule has 1 saturated carbocycles. The third-order valence-electron chi connectivity index (χ3n) is 4.85. The lowest BCUT2D eigenvalue weighted by Crippen LogP contribution is -2.39. The summed E-state index contributed by atoms with van der Waals surface area (Å²) in [5, 5.41) is 8.06. The second-order valence-electron chi connectivity index (χ2n) is 6.62. The van der Waals surface area contributed by atoms with Crippen molar-refractivity contribution in [3.05, 3.63) is 23.4 Å². The second-order valence-corrected chi connectivity index (χ2v) is 6.62. The molecule has 8 heteroatoms. The number of morpholine rings is 1. The van der Waals surface area contributed by atoms with Crippen LogP contribution in [-0.2, 0) is 11.3 Å². The molecule has 8 nitrogen and oxygen atoms in total.